The molecule has 4 heteroatoms. The van der Waals surface area contributed by atoms with E-state index in [4.69, 9.17) is 26.8 Å². The zero-order chi connectivity index (χ0) is 12.8. The molecule has 1 fully saturated rings. The molecule has 1 aliphatic carbocycles. The van der Waals surface area contributed by atoms with Crippen molar-refractivity contribution in [3.8, 4) is 11.5 Å². The molecule has 98 valence electrons. The minimum Gasteiger partial charge on any atom is -0.486 e. The van der Waals surface area contributed by atoms with Crippen LogP contribution in [0.25, 0.3) is 0 Å². The minimum atomic E-state index is -0.0169. The van der Waals surface area contributed by atoms with Crippen molar-refractivity contribution in [2.24, 2.45) is 5.73 Å². The number of hydrogen-bond acceptors (Lipinski definition) is 3. The van der Waals surface area contributed by atoms with Gasteiger partial charge in [0.05, 0.1) is 5.02 Å². The largest absolute Gasteiger partial charge is 0.486 e. The SMILES string of the molecule is CCc1c(CC2(N)CC2)cc2c(c1Cl)OCCO2. The highest BCUT2D eigenvalue weighted by atomic mass is 35.5. The minimum absolute atomic E-state index is 0.0169. The predicted octanol–water partition coefficient (Wildman–Crippen LogP) is 2.71. The van der Waals surface area contributed by atoms with Crippen LogP contribution >= 0.6 is 11.6 Å². The molecule has 0 amide bonds. The van der Waals surface area contributed by atoms with Crippen LogP contribution < -0.4 is 15.2 Å². The van der Waals surface area contributed by atoms with Crippen LogP contribution in [0, 0.1) is 0 Å². The third kappa shape index (κ3) is 2.06. The van der Waals surface area contributed by atoms with Gasteiger partial charge < -0.3 is 15.2 Å². The van der Waals surface area contributed by atoms with Crippen molar-refractivity contribution in [3.63, 3.8) is 0 Å². The van der Waals surface area contributed by atoms with Crippen molar-refractivity contribution in [1.82, 2.24) is 0 Å². The first kappa shape index (κ1) is 12.1. The molecular formula is C14H18ClNO2. The third-order valence-electron chi connectivity index (χ3n) is 3.76. The smallest absolute Gasteiger partial charge is 0.180 e. The van der Waals surface area contributed by atoms with Crippen LogP contribution in [0.4, 0.5) is 0 Å². The summed E-state index contributed by atoms with van der Waals surface area (Å²) in [6.45, 7) is 3.26. The summed E-state index contributed by atoms with van der Waals surface area (Å²) < 4.78 is 11.2. The van der Waals surface area contributed by atoms with Gasteiger partial charge in [0.2, 0.25) is 0 Å². The molecule has 1 heterocycles. The molecule has 3 rings (SSSR count). The summed E-state index contributed by atoms with van der Waals surface area (Å²) in [6.07, 6.45) is 3.97. The Morgan fingerprint density at radius 1 is 1.33 bits per heavy atom. The average molecular weight is 268 g/mol. The maximum absolute atomic E-state index is 6.44. The Kier molecular flexibility index (Phi) is 2.91. The Bertz CT molecular complexity index is 483. The maximum atomic E-state index is 6.44. The van der Waals surface area contributed by atoms with Crippen molar-refractivity contribution >= 4 is 11.6 Å². The molecule has 2 N–H and O–H groups in total. The lowest BCUT2D eigenvalue weighted by atomic mass is 9.96. The van der Waals surface area contributed by atoms with Crippen molar-refractivity contribution in [3.05, 3.63) is 22.2 Å². The summed E-state index contributed by atoms with van der Waals surface area (Å²) in [6, 6.07) is 2.06. The zero-order valence-corrected chi connectivity index (χ0v) is 11.3. The van der Waals surface area contributed by atoms with E-state index in [1.165, 1.54) is 5.56 Å². The topological polar surface area (TPSA) is 44.5 Å². The highest BCUT2D eigenvalue weighted by Crippen LogP contribution is 2.44. The van der Waals surface area contributed by atoms with E-state index in [1.54, 1.807) is 0 Å². The van der Waals surface area contributed by atoms with Crippen molar-refractivity contribution in [2.45, 2.75) is 38.1 Å². The van der Waals surface area contributed by atoms with Gasteiger partial charge in [-0.1, -0.05) is 18.5 Å². The molecule has 0 radical (unpaired) electrons. The van der Waals surface area contributed by atoms with Crippen LogP contribution in [0.3, 0.4) is 0 Å². The molecule has 1 aromatic rings. The Balaban J connectivity index is 2.03. The lowest BCUT2D eigenvalue weighted by Crippen LogP contribution is -2.25. The number of rotatable bonds is 3. The Morgan fingerprint density at radius 3 is 2.72 bits per heavy atom. The quantitative estimate of drug-likeness (QED) is 0.916. The van der Waals surface area contributed by atoms with Crippen molar-refractivity contribution in [1.29, 1.82) is 0 Å². The van der Waals surface area contributed by atoms with Gasteiger partial charge in [-0.25, -0.2) is 0 Å². The van der Waals surface area contributed by atoms with E-state index in [-0.39, 0.29) is 5.54 Å². The molecule has 18 heavy (non-hydrogen) atoms. The zero-order valence-electron chi connectivity index (χ0n) is 10.6. The van der Waals surface area contributed by atoms with Crippen LogP contribution in [-0.2, 0) is 12.8 Å². The number of halogens is 1. The third-order valence-corrected chi connectivity index (χ3v) is 4.16. The Hall–Kier alpha value is -0.930. The van der Waals surface area contributed by atoms with Crippen LogP contribution in [0.2, 0.25) is 5.02 Å². The molecule has 2 aliphatic rings. The molecule has 0 aromatic heterocycles. The van der Waals surface area contributed by atoms with Crippen LogP contribution in [0.1, 0.15) is 30.9 Å². The van der Waals surface area contributed by atoms with E-state index in [9.17, 15) is 0 Å². The summed E-state index contributed by atoms with van der Waals surface area (Å²) in [4.78, 5) is 0. The fraction of sp³-hybridized carbons (Fsp3) is 0.571. The fourth-order valence-electron chi connectivity index (χ4n) is 2.49. The number of nitrogens with two attached hydrogens (primary N) is 1. The number of fused-ring (bicyclic) bond motifs is 1. The van der Waals surface area contributed by atoms with Gasteiger partial charge in [-0.3, -0.25) is 0 Å². The lowest BCUT2D eigenvalue weighted by Gasteiger charge is -2.23. The first-order chi connectivity index (χ1) is 8.63. The maximum Gasteiger partial charge on any atom is 0.180 e. The Morgan fingerprint density at radius 2 is 2.06 bits per heavy atom. The number of ether oxygens (including phenoxy) is 2. The number of benzene rings is 1. The summed E-state index contributed by atoms with van der Waals surface area (Å²) in [7, 11) is 0. The lowest BCUT2D eigenvalue weighted by molar-refractivity contribution is 0.171. The molecule has 0 spiro atoms. The molecule has 1 aromatic carbocycles. The highest BCUT2D eigenvalue weighted by Gasteiger charge is 2.39. The second-order valence-electron chi connectivity index (χ2n) is 5.25. The van der Waals surface area contributed by atoms with E-state index in [1.807, 2.05) is 0 Å². The highest BCUT2D eigenvalue weighted by molar-refractivity contribution is 6.33. The van der Waals surface area contributed by atoms with Gasteiger partial charge in [0, 0.05) is 5.54 Å². The van der Waals surface area contributed by atoms with E-state index in [2.05, 4.69) is 13.0 Å². The van der Waals surface area contributed by atoms with Gasteiger partial charge in [0.25, 0.3) is 0 Å². The molecule has 1 aliphatic heterocycles. The van der Waals surface area contributed by atoms with Crippen LogP contribution in [0.5, 0.6) is 11.5 Å². The van der Waals surface area contributed by atoms with Gasteiger partial charge >= 0.3 is 0 Å². The fourth-order valence-corrected chi connectivity index (χ4v) is 2.89. The molecule has 0 unspecified atom stereocenters. The van der Waals surface area contributed by atoms with Gasteiger partial charge in [-0.15, -0.1) is 0 Å². The van der Waals surface area contributed by atoms with Crippen molar-refractivity contribution < 1.29 is 9.47 Å². The monoisotopic (exact) mass is 267 g/mol. The van der Waals surface area contributed by atoms with Crippen LogP contribution in [0.15, 0.2) is 6.07 Å². The molecule has 1 saturated carbocycles. The molecular weight excluding hydrogens is 250 g/mol. The molecule has 0 bridgehead atoms. The molecule has 0 saturated heterocycles. The van der Waals surface area contributed by atoms with Crippen LogP contribution in [-0.4, -0.2) is 18.8 Å². The summed E-state index contributed by atoms with van der Waals surface area (Å²) in [5.74, 6) is 1.47. The standard InChI is InChI=1S/C14H18ClNO2/c1-2-10-9(8-14(16)3-4-14)7-11-13(12(10)15)18-6-5-17-11/h7H,2-6,8,16H2,1H3. The van der Waals surface area contributed by atoms with Gasteiger partial charge in [-0.05, 0) is 42.9 Å². The van der Waals surface area contributed by atoms with Crippen molar-refractivity contribution in [2.75, 3.05) is 13.2 Å². The summed E-state index contributed by atoms with van der Waals surface area (Å²) in [5, 5.41) is 0.703. The second kappa shape index (κ2) is 4.32. The Labute approximate surface area is 112 Å². The summed E-state index contributed by atoms with van der Waals surface area (Å²) >= 11 is 6.44. The predicted molar refractivity (Wildman–Crippen MR) is 71.7 cm³/mol. The van der Waals surface area contributed by atoms with E-state index < -0.39 is 0 Å². The van der Waals surface area contributed by atoms with E-state index >= 15 is 0 Å². The summed E-state index contributed by atoms with van der Waals surface area (Å²) in [5.41, 5.74) is 8.56. The average Bonchev–Trinajstić information content (AvgIpc) is 3.07. The van der Waals surface area contributed by atoms with E-state index in [0.717, 1.165) is 37.0 Å². The van der Waals surface area contributed by atoms with Gasteiger partial charge in [0.15, 0.2) is 11.5 Å². The second-order valence-corrected chi connectivity index (χ2v) is 5.62. The van der Waals surface area contributed by atoms with Gasteiger partial charge in [-0.2, -0.15) is 0 Å². The van der Waals surface area contributed by atoms with Gasteiger partial charge in [0.1, 0.15) is 13.2 Å². The normalized spacial score (nSPS) is 19.7. The first-order valence-electron chi connectivity index (χ1n) is 6.52. The van der Waals surface area contributed by atoms with E-state index in [0.29, 0.717) is 24.0 Å². The first-order valence-corrected chi connectivity index (χ1v) is 6.89. The number of hydrogen-bond donors (Lipinski definition) is 1. The molecule has 3 nitrogen and oxygen atoms in total. The molecule has 0 atom stereocenters.